The highest BCUT2D eigenvalue weighted by Gasteiger charge is 2.15. The predicted molar refractivity (Wildman–Crippen MR) is 106 cm³/mol. The van der Waals surface area contributed by atoms with E-state index in [1.165, 1.54) is 0 Å². The maximum atomic E-state index is 12.4. The van der Waals surface area contributed by atoms with Crippen LogP contribution in [0.1, 0.15) is 15.9 Å². The smallest absolute Gasteiger partial charge is 0.250 e. The number of amides is 2. The van der Waals surface area contributed by atoms with Crippen molar-refractivity contribution in [1.29, 1.82) is 0 Å². The lowest BCUT2D eigenvalue weighted by molar-refractivity contribution is -0.121. The van der Waals surface area contributed by atoms with Gasteiger partial charge in [-0.2, -0.15) is 0 Å². The molecular weight excluding hydrogens is 354 g/mol. The SMILES string of the molecule is NC(=O)c1cccc2[nH]c(-c3cccn3CC(=O)NCc3ccccc3)nc12. The largest absolute Gasteiger partial charge is 0.366 e. The Morgan fingerprint density at radius 2 is 1.86 bits per heavy atom. The van der Waals surface area contributed by atoms with E-state index in [0.717, 1.165) is 11.3 Å². The molecule has 4 N–H and O–H groups in total. The summed E-state index contributed by atoms with van der Waals surface area (Å²) in [4.78, 5) is 31.7. The fourth-order valence-corrected chi connectivity index (χ4v) is 3.13. The number of hydrogen-bond acceptors (Lipinski definition) is 3. The quantitative estimate of drug-likeness (QED) is 0.483. The Hall–Kier alpha value is -3.87. The van der Waals surface area contributed by atoms with E-state index >= 15 is 0 Å². The first-order valence-electron chi connectivity index (χ1n) is 8.86. The average molecular weight is 373 g/mol. The van der Waals surface area contributed by atoms with Crippen molar-refractivity contribution in [2.24, 2.45) is 5.73 Å². The van der Waals surface area contributed by atoms with Crippen LogP contribution >= 0.6 is 0 Å². The molecular formula is C21H19N5O2. The summed E-state index contributed by atoms with van der Waals surface area (Å²) in [6, 6.07) is 18.7. The van der Waals surface area contributed by atoms with Crippen molar-refractivity contribution < 1.29 is 9.59 Å². The van der Waals surface area contributed by atoms with Gasteiger partial charge in [0.25, 0.3) is 5.91 Å². The lowest BCUT2D eigenvalue weighted by Gasteiger charge is -2.09. The molecule has 2 aromatic carbocycles. The summed E-state index contributed by atoms with van der Waals surface area (Å²) in [5.74, 6) is -0.0564. The number of rotatable bonds is 6. The first kappa shape index (κ1) is 17.5. The maximum Gasteiger partial charge on any atom is 0.250 e. The topological polar surface area (TPSA) is 106 Å². The standard InChI is InChI=1S/C21H19N5O2/c22-20(28)15-8-4-9-16-19(15)25-21(24-16)17-10-5-11-26(17)13-18(27)23-12-14-6-2-1-3-7-14/h1-11H,12-13H2,(H2,22,28)(H,23,27)(H,24,25). The van der Waals surface area contributed by atoms with Crippen molar-refractivity contribution in [3.05, 3.63) is 78.0 Å². The molecule has 28 heavy (non-hydrogen) atoms. The number of fused-ring (bicyclic) bond motifs is 1. The molecule has 0 saturated heterocycles. The fraction of sp³-hybridized carbons (Fsp3) is 0.0952. The second-order valence-corrected chi connectivity index (χ2v) is 6.44. The highest BCUT2D eigenvalue weighted by atomic mass is 16.2. The van der Waals surface area contributed by atoms with Crippen LogP contribution in [0.4, 0.5) is 0 Å². The van der Waals surface area contributed by atoms with Crippen molar-refractivity contribution >= 4 is 22.8 Å². The molecule has 0 spiro atoms. The van der Waals surface area contributed by atoms with Crippen LogP contribution in [-0.4, -0.2) is 26.3 Å². The number of nitrogens with one attached hydrogen (secondary N) is 2. The van der Waals surface area contributed by atoms with Gasteiger partial charge in [-0.15, -0.1) is 0 Å². The van der Waals surface area contributed by atoms with Gasteiger partial charge in [0.1, 0.15) is 12.1 Å². The molecule has 0 radical (unpaired) electrons. The molecule has 140 valence electrons. The summed E-state index contributed by atoms with van der Waals surface area (Å²) in [6.07, 6.45) is 1.82. The number of carbonyl (C=O) groups excluding carboxylic acids is 2. The number of imidazole rings is 1. The van der Waals surface area contributed by atoms with Gasteiger partial charge in [-0.1, -0.05) is 36.4 Å². The van der Waals surface area contributed by atoms with Crippen LogP contribution in [0.15, 0.2) is 66.9 Å². The predicted octanol–water partition coefficient (Wildman–Crippen LogP) is 2.45. The van der Waals surface area contributed by atoms with E-state index in [1.54, 1.807) is 12.1 Å². The Morgan fingerprint density at radius 3 is 2.64 bits per heavy atom. The number of nitrogens with zero attached hydrogens (tertiary/aromatic N) is 2. The van der Waals surface area contributed by atoms with E-state index in [2.05, 4.69) is 15.3 Å². The number of nitrogens with two attached hydrogens (primary N) is 1. The van der Waals surface area contributed by atoms with Crippen molar-refractivity contribution in [1.82, 2.24) is 19.9 Å². The van der Waals surface area contributed by atoms with Gasteiger partial charge >= 0.3 is 0 Å². The molecule has 0 fully saturated rings. The molecule has 2 heterocycles. The molecule has 4 aromatic rings. The van der Waals surface area contributed by atoms with Crippen molar-refractivity contribution in [2.45, 2.75) is 13.1 Å². The van der Waals surface area contributed by atoms with E-state index in [0.29, 0.717) is 29.0 Å². The lowest BCUT2D eigenvalue weighted by atomic mass is 10.2. The minimum absolute atomic E-state index is 0.102. The normalized spacial score (nSPS) is 10.9. The number of aromatic nitrogens is 3. The van der Waals surface area contributed by atoms with E-state index in [4.69, 9.17) is 5.73 Å². The third kappa shape index (κ3) is 3.50. The third-order valence-electron chi connectivity index (χ3n) is 4.50. The van der Waals surface area contributed by atoms with Gasteiger partial charge in [-0.05, 0) is 29.8 Å². The van der Waals surface area contributed by atoms with Crippen LogP contribution in [-0.2, 0) is 17.9 Å². The molecule has 0 unspecified atom stereocenters. The Kier molecular flexibility index (Phi) is 4.63. The minimum atomic E-state index is -0.528. The molecule has 0 atom stereocenters. The van der Waals surface area contributed by atoms with Gasteiger partial charge in [-0.3, -0.25) is 9.59 Å². The number of carbonyl (C=O) groups is 2. The van der Waals surface area contributed by atoms with Gasteiger partial charge in [0.2, 0.25) is 5.91 Å². The first-order chi connectivity index (χ1) is 13.6. The minimum Gasteiger partial charge on any atom is -0.366 e. The molecule has 7 nitrogen and oxygen atoms in total. The summed E-state index contributed by atoms with van der Waals surface area (Å²) in [5, 5.41) is 2.91. The fourth-order valence-electron chi connectivity index (χ4n) is 3.13. The van der Waals surface area contributed by atoms with Crippen LogP contribution in [0.3, 0.4) is 0 Å². The summed E-state index contributed by atoms with van der Waals surface area (Å²) in [6.45, 7) is 0.637. The van der Waals surface area contributed by atoms with Gasteiger partial charge in [0, 0.05) is 12.7 Å². The average Bonchev–Trinajstić information content (AvgIpc) is 3.33. The van der Waals surface area contributed by atoms with Gasteiger partial charge in [0.15, 0.2) is 5.82 Å². The monoisotopic (exact) mass is 373 g/mol. The van der Waals surface area contributed by atoms with Crippen molar-refractivity contribution in [3.63, 3.8) is 0 Å². The number of hydrogen-bond donors (Lipinski definition) is 3. The molecule has 4 rings (SSSR count). The second-order valence-electron chi connectivity index (χ2n) is 6.44. The number of H-pyrrole nitrogens is 1. The zero-order valence-electron chi connectivity index (χ0n) is 15.1. The van der Waals surface area contributed by atoms with Gasteiger partial charge in [-0.25, -0.2) is 4.98 Å². The summed E-state index contributed by atoms with van der Waals surface area (Å²) in [5.41, 5.74) is 8.82. The van der Waals surface area contributed by atoms with Crippen LogP contribution < -0.4 is 11.1 Å². The second kappa shape index (κ2) is 7.40. The molecule has 0 bridgehead atoms. The van der Waals surface area contributed by atoms with Crippen molar-refractivity contribution in [2.75, 3.05) is 0 Å². The zero-order chi connectivity index (χ0) is 19.5. The van der Waals surface area contributed by atoms with Gasteiger partial charge in [0.05, 0.1) is 16.8 Å². The number of benzene rings is 2. The van der Waals surface area contributed by atoms with Crippen LogP contribution in [0, 0.1) is 0 Å². The summed E-state index contributed by atoms with van der Waals surface area (Å²) >= 11 is 0. The molecule has 7 heteroatoms. The van der Waals surface area contributed by atoms with E-state index in [9.17, 15) is 9.59 Å². The molecule has 0 aliphatic heterocycles. The van der Waals surface area contributed by atoms with E-state index in [-0.39, 0.29) is 12.5 Å². The number of aromatic amines is 1. The molecule has 2 aromatic heterocycles. The molecule has 2 amide bonds. The molecule has 0 saturated carbocycles. The Balaban J connectivity index is 1.54. The van der Waals surface area contributed by atoms with Crippen LogP contribution in [0.5, 0.6) is 0 Å². The number of primary amides is 1. The maximum absolute atomic E-state index is 12.4. The van der Waals surface area contributed by atoms with E-state index in [1.807, 2.05) is 59.3 Å². The van der Waals surface area contributed by atoms with Crippen LogP contribution in [0.2, 0.25) is 0 Å². The lowest BCUT2D eigenvalue weighted by Crippen LogP contribution is -2.27. The van der Waals surface area contributed by atoms with Crippen LogP contribution in [0.25, 0.3) is 22.6 Å². The first-order valence-corrected chi connectivity index (χ1v) is 8.86. The Morgan fingerprint density at radius 1 is 1.04 bits per heavy atom. The Bertz CT molecular complexity index is 1140. The van der Waals surface area contributed by atoms with Gasteiger partial charge < -0.3 is 20.6 Å². The molecule has 0 aliphatic carbocycles. The summed E-state index contributed by atoms with van der Waals surface area (Å²) < 4.78 is 1.81. The summed E-state index contributed by atoms with van der Waals surface area (Å²) in [7, 11) is 0. The zero-order valence-corrected chi connectivity index (χ0v) is 15.1. The van der Waals surface area contributed by atoms with E-state index < -0.39 is 5.91 Å². The highest BCUT2D eigenvalue weighted by Crippen LogP contribution is 2.23. The third-order valence-corrected chi connectivity index (χ3v) is 4.50. The number of para-hydroxylation sites is 1. The Labute approximate surface area is 161 Å². The highest BCUT2D eigenvalue weighted by molar-refractivity contribution is 6.04. The molecule has 0 aliphatic rings. The van der Waals surface area contributed by atoms with Crippen molar-refractivity contribution in [3.8, 4) is 11.5 Å².